The molecule has 0 amide bonds. The lowest BCUT2D eigenvalue weighted by Gasteiger charge is -2.13. The Hall–Kier alpha value is -1.33. The third-order valence-electron chi connectivity index (χ3n) is 3.70. The van der Waals surface area contributed by atoms with Gasteiger partial charge in [0.1, 0.15) is 0 Å². The maximum atomic E-state index is 9.01. The standard InChI is InChI=1S/C15H20N2/c1-11-6-12(2)14(13(3)7-11)8-17-10-15(9-16)4-5-15/h6-7,17H,4-5,8,10H2,1-3H3. The average Bonchev–Trinajstić information content (AvgIpc) is 3.02. The minimum absolute atomic E-state index is 0.0491. The summed E-state index contributed by atoms with van der Waals surface area (Å²) in [5, 5.41) is 12.4. The summed E-state index contributed by atoms with van der Waals surface area (Å²) < 4.78 is 0. The molecule has 0 aromatic heterocycles. The fraction of sp³-hybridized carbons (Fsp3) is 0.533. The molecular formula is C15H20N2. The summed E-state index contributed by atoms with van der Waals surface area (Å²) in [5.41, 5.74) is 5.34. The summed E-state index contributed by atoms with van der Waals surface area (Å²) >= 11 is 0. The van der Waals surface area contributed by atoms with Crippen LogP contribution in [0.2, 0.25) is 0 Å². The molecule has 0 aliphatic heterocycles. The van der Waals surface area contributed by atoms with Gasteiger partial charge in [-0.05, 0) is 50.3 Å². The van der Waals surface area contributed by atoms with Gasteiger partial charge in [0.05, 0.1) is 11.5 Å². The van der Waals surface area contributed by atoms with Gasteiger partial charge >= 0.3 is 0 Å². The molecule has 90 valence electrons. The van der Waals surface area contributed by atoms with Gasteiger partial charge in [0.25, 0.3) is 0 Å². The highest BCUT2D eigenvalue weighted by Gasteiger charge is 2.42. The third kappa shape index (κ3) is 2.68. The molecule has 0 heterocycles. The van der Waals surface area contributed by atoms with E-state index >= 15 is 0 Å². The number of hydrogen-bond donors (Lipinski definition) is 1. The molecule has 0 unspecified atom stereocenters. The van der Waals surface area contributed by atoms with Crippen LogP contribution in [0.1, 0.15) is 35.1 Å². The van der Waals surface area contributed by atoms with Crippen LogP contribution in [-0.2, 0) is 6.54 Å². The highest BCUT2D eigenvalue weighted by atomic mass is 14.9. The first-order chi connectivity index (χ1) is 8.06. The van der Waals surface area contributed by atoms with Crippen molar-refractivity contribution in [1.82, 2.24) is 5.32 Å². The van der Waals surface area contributed by atoms with E-state index in [4.69, 9.17) is 5.26 Å². The van der Waals surface area contributed by atoms with Crippen molar-refractivity contribution in [3.8, 4) is 6.07 Å². The van der Waals surface area contributed by atoms with E-state index in [0.29, 0.717) is 0 Å². The Morgan fingerprint density at radius 3 is 2.29 bits per heavy atom. The molecule has 1 aromatic carbocycles. The van der Waals surface area contributed by atoms with E-state index < -0.39 is 0 Å². The molecule has 1 aliphatic carbocycles. The SMILES string of the molecule is Cc1cc(C)c(CNCC2(C#N)CC2)c(C)c1. The zero-order valence-electron chi connectivity index (χ0n) is 10.9. The summed E-state index contributed by atoms with van der Waals surface area (Å²) in [7, 11) is 0. The lowest BCUT2D eigenvalue weighted by Crippen LogP contribution is -2.23. The zero-order chi connectivity index (χ0) is 12.5. The fourth-order valence-corrected chi connectivity index (χ4v) is 2.39. The zero-order valence-corrected chi connectivity index (χ0v) is 10.9. The Kier molecular flexibility index (Phi) is 3.22. The quantitative estimate of drug-likeness (QED) is 0.860. The maximum Gasteiger partial charge on any atom is 0.0703 e. The first-order valence-corrected chi connectivity index (χ1v) is 6.25. The number of nitrogens with zero attached hydrogens (tertiary/aromatic N) is 1. The van der Waals surface area contributed by atoms with Gasteiger partial charge in [-0.25, -0.2) is 0 Å². The molecule has 1 aliphatic rings. The molecule has 0 spiro atoms. The van der Waals surface area contributed by atoms with Crippen molar-refractivity contribution in [2.24, 2.45) is 5.41 Å². The van der Waals surface area contributed by atoms with E-state index in [9.17, 15) is 0 Å². The number of hydrogen-bond acceptors (Lipinski definition) is 2. The van der Waals surface area contributed by atoms with Crippen LogP contribution >= 0.6 is 0 Å². The number of benzene rings is 1. The van der Waals surface area contributed by atoms with Crippen molar-refractivity contribution >= 4 is 0 Å². The molecule has 1 saturated carbocycles. The van der Waals surface area contributed by atoms with Crippen LogP contribution in [-0.4, -0.2) is 6.54 Å². The summed E-state index contributed by atoms with van der Waals surface area (Å²) in [6.07, 6.45) is 2.12. The van der Waals surface area contributed by atoms with Gasteiger partial charge in [-0.2, -0.15) is 5.26 Å². The predicted octanol–water partition coefficient (Wildman–Crippen LogP) is 3.01. The van der Waals surface area contributed by atoms with E-state index in [1.54, 1.807) is 0 Å². The topological polar surface area (TPSA) is 35.8 Å². The van der Waals surface area contributed by atoms with Gasteiger partial charge < -0.3 is 5.32 Å². The van der Waals surface area contributed by atoms with Gasteiger partial charge in [-0.3, -0.25) is 0 Å². The lowest BCUT2D eigenvalue weighted by atomic mass is 9.99. The highest BCUT2D eigenvalue weighted by Crippen LogP contribution is 2.44. The monoisotopic (exact) mass is 228 g/mol. The van der Waals surface area contributed by atoms with E-state index in [1.807, 2.05) is 0 Å². The minimum Gasteiger partial charge on any atom is -0.311 e. The Morgan fingerprint density at radius 2 is 1.82 bits per heavy atom. The average molecular weight is 228 g/mol. The second-order valence-corrected chi connectivity index (χ2v) is 5.37. The largest absolute Gasteiger partial charge is 0.311 e. The van der Waals surface area contributed by atoms with Crippen molar-refractivity contribution in [2.75, 3.05) is 6.54 Å². The van der Waals surface area contributed by atoms with Crippen molar-refractivity contribution in [1.29, 1.82) is 5.26 Å². The van der Waals surface area contributed by atoms with Crippen LogP contribution in [0.15, 0.2) is 12.1 Å². The Labute approximate surface area is 104 Å². The van der Waals surface area contributed by atoms with E-state index in [2.05, 4.69) is 44.3 Å². The van der Waals surface area contributed by atoms with Crippen molar-refractivity contribution in [2.45, 2.75) is 40.2 Å². The van der Waals surface area contributed by atoms with E-state index in [0.717, 1.165) is 25.9 Å². The first kappa shape index (κ1) is 12.1. The third-order valence-corrected chi connectivity index (χ3v) is 3.70. The summed E-state index contributed by atoms with van der Waals surface area (Å²) in [6.45, 7) is 8.16. The van der Waals surface area contributed by atoms with Crippen LogP contribution in [0.25, 0.3) is 0 Å². The summed E-state index contributed by atoms with van der Waals surface area (Å²) in [5.74, 6) is 0. The molecule has 17 heavy (non-hydrogen) atoms. The summed E-state index contributed by atoms with van der Waals surface area (Å²) in [4.78, 5) is 0. The molecule has 0 bridgehead atoms. The predicted molar refractivity (Wildman–Crippen MR) is 69.6 cm³/mol. The van der Waals surface area contributed by atoms with Crippen molar-refractivity contribution in [3.63, 3.8) is 0 Å². The number of rotatable bonds is 4. The highest BCUT2D eigenvalue weighted by molar-refractivity contribution is 5.37. The summed E-state index contributed by atoms with van der Waals surface area (Å²) in [6, 6.07) is 6.86. The number of aryl methyl sites for hydroxylation is 3. The Bertz CT molecular complexity index is 441. The van der Waals surface area contributed by atoms with Crippen LogP contribution in [0.4, 0.5) is 0 Å². The van der Waals surface area contributed by atoms with Gasteiger partial charge in [-0.15, -0.1) is 0 Å². The first-order valence-electron chi connectivity index (χ1n) is 6.25. The van der Waals surface area contributed by atoms with Crippen LogP contribution in [0.5, 0.6) is 0 Å². The second-order valence-electron chi connectivity index (χ2n) is 5.37. The van der Waals surface area contributed by atoms with Gasteiger partial charge in [0.2, 0.25) is 0 Å². The van der Waals surface area contributed by atoms with E-state index in [-0.39, 0.29) is 5.41 Å². The van der Waals surface area contributed by atoms with Crippen LogP contribution < -0.4 is 5.32 Å². The normalized spacial score (nSPS) is 16.6. The van der Waals surface area contributed by atoms with Gasteiger partial charge in [-0.1, -0.05) is 17.7 Å². The number of nitriles is 1. The van der Waals surface area contributed by atoms with Gasteiger partial charge in [0.15, 0.2) is 0 Å². The molecule has 1 N–H and O–H groups in total. The lowest BCUT2D eigenvalue weighted by molar-refractivity contribution is 0.556. The van der Waals surface area contributed by atoms with E-state index in [1.165, 1.54) is 22.3 Å². The molecular weight excluding hydrogens is 208 g/mol. The second kappa shape index (κ2) is 4.50. The Balaban J connectivity index is 1.98. The molecule has 2 heteroatoms. The minimum atomic E-state index is -0.0491. The van der Waals surface area contributed by atoms with Crippen molar-refractivity contribution in [3.05, 3.63) is 34.4 Å². The molecule has 0 atom stereocenters. The molecule has 1 aromatic rings. The smallest absolute Gasteiger partial charge is 0.0703 e. The Morgan fingerprint density at radius 1 is 1.24 bits per heavy atom. The fourth-order valence-electron chi connectivity index (χ4n) is 2.39. The van der Waals surface area contributed by atoms with Gasteiger partial charge in [0, 0.05) is 13.1 Å². The maximum absolute atomic E-state index is 9.01. The molecule has 2 rings (SSSR count). The van der Waals surface area contributed by atoms with Crippen LogP contribution in [0, 0.1) is 37.5 Å². The van der Waals surface area contributed by atoms with Crippen LogP contribution in [0.3, 0.4) is 0 Å². The molecule has 1 fully saturated rings. The molecule has 0 saturated heterocycles. The number of nitrogens with one attached hydrogen (secondary N) is 1. The van der Waals surface area contributed by atoms with Crippen molar-refractivity contribution < 1.29 is 0 Å². The molecule has 0 radical (unpaired) electrons. The molecule has 2 nitrogen and oxygen atoms in total.